The van der Waals surface area contributed by atoms with E-state index in [0.29, 0.717) is 5.56 Å². The van der Waals surface area contributed by atoms with Crippen molar-refractivity contribution in [2.45, 2.75) is 13.8 Å². The van der Waals surface area contributed by atoms with Gasteiger partial charge in [-0.05, 0) is 37.1 Å². The molecule has 1 aromatic rings. The van der Waals surface area contributed by atoms with Crippen LogP contribution in [0.25, 0.3) is 0 Å². The Morgan fingerprint density at radius 1 is 1.42 bits per heavy atom. The van der Waals surface area contributed by atoms with E-state index in [1.165, 1.54) is 19.1 Å². The first-order chi connectivity index (χ1) is 5.52. The van der Waals surface area contributed by atoms with Gasteiger partial charge in [0.2, 0.25) is 0 Å². The van der Waals surface area contributed by atoms with Crippen LogP contribution in [-0.2, 0) is 0 Å². The summed E-state index contributed by atoms with van der Waals surface area (Å²) in [5.74, 6) is -1.55. The molecule has 0 atom stereocenters. The highest BCUT2D eigenvalue weighted by molar-refractivity contribution is 5.89. The first-order valence-corrected chi connectivity index (χ1v) is 3.52. The molecular formula is C9H9FO2. The highest BCUT2D eigenvalue weighted by atomic mass is 19.1. The molecule has 1 N–H and O–H groups in total. The first-order valence-electron chi connectivity index (χ1n) is 3.52. The fraction of sp³-hybridized carbons (Fsp3) is 0.222. The van der Waals surface area contributed by atoms with Crippen molar-refractivity contribution in [3.63, 3.8) is 0 Å². The number of hydrogen-bond acceptors (Lipinski definition) is 1. The van der Waals surface area contributed by atoms with Gasteiger partial charge in [0.25, 0.3) is 0 Å². The molecule has 0 fully saturated rings. The largest absolute Gasteiger partial charge is 0.478 e. The van der Waals surface area contributed by atoms with Crippen molar-refractivity contribution in [3.05, 3.63) is 34.6 Å². The van der Waals surface area contributed by atoms with Gasteiger partial charge in [-0.25, -0.2) is 9.18 Å². The zero-order chi connectivity index (χ0) is 9.30. The molecule has 0 bridgehead atoms. The molecule has 1 rings (SSSR count). The molecule has 0 saturated carbocycles. The number of rotatable bonds is 1. The van der Waals surface area contributed by atoms with Gasteiger partial charge in [-0.2, -0.15) is 0 Å². The van der Waals surface area contributed by atoms with E-state index in [2.05, 4.69) is 0 Å². The molecule has 1 aromatic carbocycles. The molecule has 12 heavy (non-hydrogen) atoms. The van der Waals surface area contributed by atoms with Crippen LogP contribution in [0.5, 0.6) is 0 Å². The van der Waals surface area contributed by atoms with Crippen molar-refractivity contribution in [1.82, 2.24) is 0 Å². The highest BCUT2D eigenvalue weighted by Gasteiger charge is 2.10. The zero-order valence-corrected chi connectivity index (χ0v) is 6.89. The third-order valence-corrected chi connectivity index (χ3v) is 1.72. The summed E-state index contributed by atoms with van der Waals surface area (Å²) in [6.45, 7) is 3.12. The van der Waals surface area contributed by atoms with Crippen LogP contribution in [0.4, 0.5) is 4.39 Å². The number of aromatic carboxylic acids is 1. The number of carboxylic acid groups (broad SMARTS) is 1. The molecule has 3 heteroatoms. The molecular weight excluding hydrogens is 159 g/mol. The zero-order valence-electron chi connectivity index (χ0n) is 6.89. The summed E-state index contributed by atoms with van der Waals surface area (Å²) in [5.41, 5.74) is 0.844. The van der Waals surface area contributed by atoms with Crippen LogP contribution < -0.4 is 0 Å². The Morgan fingerprint density at radius 2 is 2.00 bits per heavy atom. The van der Waals surface area contributed by atoms with E-state index < -0.39 is 11.8 Å². The van der Waals surface area contributed by atoms with Crippen LogP contribution in [0.1, 0.15) is 21.5 Å². The maximum absolute atomic E-state index is 12.9. The number of hydrogen-bond donors (Lipinski definition) is 1. The minimum atomic E-state index is -1.09. The Morgan fingerprint density at radius 3 is 2.50 bits per heavy atom. The molecule has 0 amide bonds. The minimum absolute atomic E-state index is 0.0347. The van der Waals surface area contributed by atoms with Crippen molar-refractivity contribution in [2.24, 2.45) is 0 Å². The molecule has 0 aliphatic rings. The van der Waals surface area contributed by atoms with Gasteiger partial charge in [0.1, 0.15) is 5.82 Å². The monoisotopic (exact) mass is 168 g/mol. The van der Waals surface area contributed by atoms with Crippen LogP contribution in [0.15, 0.2) is 12.1 Å². The van der Waals surface area contributed by atoms with Gasteiger partial charge in [0.15, 0.2) is 0 Å². The fourth-order valence-electron chi connectivity index (χ4n) is 1.04. The third-order valence-electron chi connectivity index (χ3n) is 1.72. The molecule has 0 saturated heterocycles. The average molecular weight is 168 g/mol. The lowest BCUT2D eigenvalue weighted by molar-refractivity contribution is 0.0695. The van der Waals surface area contributed by atoms with E-state index in [0.717, 1.165) is 0 Å². The summed E-state index contributed by atoms with van der Waals surface area (Å²) in [7, 11) is 0. The second kappa shape index (κ2) is 2.93. The molecule has 0 unspecified atom stereocenters. The molecule has 64 valence electrons. The maximum Gasteiger partial charge on any atom is 0.336 e. The number of benzene rings is 1. The number of aryl methyl sites for hydroxylation is 1. The Hall–Kier alpha value is -1.38. The molecule has 0 aliphatic carbocycles. The van der Waals surface area contributed by atoms with Gasteiger partial charge in [-0.3, -0.25) is 0 Å². The first kappa shape index (κ1) is 8.71. The lowest BCUT2D eigenvalue weighted by atomic mass is 10.1. The van der Waals surface area contributed by atoms with E-state index in [9.17, 15) is 9.18 Å². The van der Waals surface area contributed by atoms with Gasteiger partial charge in [0.05, 0.1) is 5.56 Å². The number of carbonyl (C=O) groups is 1. The summed E-state index contributed by atoms with van der Waals surface area (Å²) in [6.07, 6.45) is 0. The van der Waals surface area contributed by atoms with Crippen LogP contribution in [0.2, 0.25) is 0 Å². The Bertz CT molecular complexity index is 332. The van der Waals surface area contributed by atoms with Crippen molar-refractivity contribution >= 4 is 5.97 Å². The van der Waals surface area contributed by atoms with Crippen molar-refractivity contribution in [1.29, 1.82) is 0 Å². The summed E-state index contributed by atoms with van der Waals surface area (Å²) in [5, 5.41) is 8.65. The number of carboxylic acids is 1. The standard InChI is InChI=1S/C9H9FO2/c1-5-3-7(9(11)12)6(2)8(10)4-5/h3-4H,1-2H3,(H,11,12). The molecule has 0 radical (unpaired) electrons. The lowest BCUT2D eigenvalue weighted by Crippen LogP contribution is -2.02. The van der Waals surface area contributed by atoms with E-state index in [4.69, 9.17) is 5.11 Å². The second-order valence-electron chi connectivity index (χ2n) is 2.72. The maximum atomic E-state index is 12.9. The van der Waals surface area contributed by atoms with Gasteiger partial charge in [-0.1, -0.05) is 0 Å². The summed E-state index contributed by atoms with van der Waals surface area (Å²) < 4.78 is 12.9. The quantitative estimate of drug-likeness (QED) is 0.697. The predicted molar refractivity (Wildman–Crippen MR) is 42.8 cm³/mol. The lowest BCUT2D eigenvalue weighted by Gasteiger charge is -2.02. The van der Waals surface area contributed by atoms with E-state index in [-0.39, 0.29) is 11.1 Å². The average Bonchev–Trinajstić information content (AvgIpc) is 1.96. The van der Waals surface area contributed by atoms with Gasteiger partial charge < -0.3 is 5.11 Å². The van der Waals surface area contributed by atoms with Crippen LogP contribution in [0, 0.1) is 19.7 Å². The Kier molecular flexibility index (Phi) is 2.13. The molecule has 0 aliphatic heterocycles. The fourth-order valence-corrected chi connectivity index (χ4v) is 1.04. The molecule has 2 nitrogen and oxygen atoms in total. The summed E-state index contributed by atoms with van der Waals surface area (Å²) in [6, 6.07) is 2.78. The van der Waals surface area contributed by atoms with Crippen molar-refractivity contribution < 1.29 is 14.3 Å². The van der Waals surface area contributed by atoms with E-state index in [1.54, 1.807) is 6.92 Å². The predicted octanol–water partition coefficient (Wildman–Crippen LogP) is 2.14. The van der Waals surface area contributed by atoms with E-state index in [1.807, 2.05) is 0 Å². The van der Waals surface area contributed by atoms with Gasteiger partial charge in [0, 0.05) is 0 Å². The summed E-state index contributed by atoms with van der Waals surface area (Å²) in [4.78, 5) is 10.6. The second-order valence-corrected chi connectivity index (χ2v) is 2.72. The Labute approximate surface area is 69.6 Å². The van der Waals surface area contributed by atoms with Crippen molar-refractivity contribution in [2.75, 3.05) is 0 Å². The topological polar surface area (TPSA) is 37.3 Å². The SMILES string of the molecule is Cc1cc(F)c(C)c(C(=O)O)c1. The van der Waals surface area contributed by atoms with Gasteiger partial charge >= 0.3 is 5.97 Å². The number of halogens is 1. The van der Waals surface area contributed by atoms with Crippen LogP contribution >= 0.6 is 0 Å². The van der Waals surface area contributed by atoms with Gasteiger partial charge in [-0.15, -0.1) is 0 Å². The summed E-state index contributed by atoms with van der Waals surface area (Å²) >= 11 is 0. The highest BCUT2D eigenvalue weighted by Crippen LogP contribution is 2.14. The molecule has 0 spiro atoms. The smallest absolute Gasteiger partial charge is 0.336 e. The van der Waals surface area contributed by atoms with Crippen LogP contribution in [0.3, 0.4) is 0 Å². The van der Waals surface area contributed by atoms with E-state index >= 15 is 0 Å². The van der Waals surface area contributed by atoms with Crippen LogP contribution in [-0.4, -0.2) is 11.1 Å². The Balaban J connectivity index is 3.37. The molecule has 0 heterocycles. The third kappa shape index (κ3) is 1.44. The minimum Gasteiger partial charge on any atom is -0.478 e. The van der Waals surface area contributed by atoms with Crippen molar-refractivity contribution in [3.8, 4) is 0 Å². The molecule has 0 aromatic heterocycles. The normalized spacial score (nSPS) is 9.92.